The van der Waals surface area contributed by atoms with Gasteiger partial charge in [0.05, 0.1) is 5.69 Å². The van der Waals surface area contributed by atoms with Gasteiger partial charge in [0.1, 0.15) is 0 Å². The van der Waals surface area contributed by atoms with Gasteiger partial charge in [-0.2, -0.15) is 0 Å². The third kappa shape index (κ3) is 2.88. The first-order valence-corrected chi connectivity index (χ1v) is 11.8. The normalized spacial score (nSPS) is 14.5. The summed E-state index contributed by atoms with van der Waals surface area (Å²) in [5, 5.41) is 5.29. The van der Waals surface area contributed by atoms with E-state index in [2.05, 4.69) is 113 Å². The Morgan fingerprint density at radius 2 is 1.45 bits per heavy atom. The van der Waals surface area contributed by atoms with Gasteiger partial charge in [-0.25, -0.2) is 0 Å². The molecule has 0 saturated heterocycles. The van der Waals surface area contributed by atoms with E-state index in [9.17, 15) is 0 Å². The Hall–Kier alpha value is -3.45. The van der Waals surface area contributed by atoms with Gasteiger partial charge in [0.15, 0.2) is 0 Å². The van der Waals surface area contributed by atoms with Gasteiger partial charge in [-0.15, -0.1) is 0 Å². The van der Waals surface area contributed by atoms with Crippen molar-refractivity contribution in [3.05, 3.63) is 102 Å². The van der Waals surface area contributed by atoms with Crippen LogP contribution in [0.25, 0.3) is 43.9 Å². The number of hydrogen-bond donors (Lipinski definition) is 0. The van der Waals surface area contributed by atoms with Crippen molar-refractivity contribution in [2.75, 3.05) is 0 Å². The van der Waals surface area contributed by atoms with Gasteiger partial charge >= 0.3 is 0 Å². The van der Waals surface area contributed by atoms with Crippen LogP contribution in [0, 0.1) is 0 Å². The van der Waals surface area contributed by atoms with E-state index < -0.39 is 0 Å². The number of pyridine rings is 1. The summed E-state index contributed by atoms with van der Waals surface area (Å²) >= 11 is 0. The van der Waals surface area contributed by atoms with Crippen molar-refractivity contribution in [2.45, 2.75) is 45.4 Å². The lowest BCUT2D eigenvalue weighted by Gasteiger charge is -2.36. The van der Waals surface area contributed by atoms with Crippen molar-refractivity contribution in [2.24, 2.45) is 0 Å². The molecule has 0 radical (unpaired) electrons. The molecule has 1 aromatic heterocycles. The molecular weight excluding hydrogens is 398 g/mol. The average molecular weight is 428 g/mol. The number of hydrogen-bond acceptors (Lipinski definition) is 1. The lowest BCUT2D eigenvalue weighted by atomic mass is 9.67. The molecule has 1 aliphatic carbocycles. The Bertz CT molecular complexity index is 1560. The van der Waals surface area contributed by atoms with Gasteiger partial charge in [-0.1, -0.05) is 95.3 Å². The Morgan fingerprint density at radius 3 is 2.24 bits per heavy atom. The van der Waals surface area contributed by atoms with E-state index in [-0.39, 0.29) is 10.8 Å². The summed E-state index contributed by atoms with van der Waals surface area (Å²) in [6.45, 7) is 11.6. The van der Waals surface area contributed by atoms with E-state index in [0.717, 1.165) is 5.69 Å². The van der Waals surface area contributed by atoms with E-state index in [1.807, 2.05) is 6.20 Å². The lowest BCUT2D eigenvalue weighted by Crippen LogP contribution is -2.25. The van der Waals surface area contributed by atoms with E-state index in [0.29, 0.717) is 0 Å². The summed E-state index contributed by atoms with van der Waals surface area (Å²) in [5.41, 5.74) is 8.89. The summed E-state index contributed by atoms with van der Waals surface area (Å²) in [7, 11) is 0. The summed E-state index contributed by atoms with van der Waals surface area (Å²) < 4.78 is 0. The molecule has 0 amide bonds. The number of aromatic nitrogens is 1. The first kappa shape index (κ1) is 20.2. The molecule has 0 atom stereocenters. The molecule has 162 valence electrons. The van der Waals surface area contributed by atoms with Gasteiger partial charge in [-0.3, -0.25) is 4.98 Å². The molecule has 33 heavy (non-hydrogen) atoms. The van der Waals surface area contributed by atoms with Gasteiger partial charge < -0.3 is 0 Å². The van der Waals surface area contributed by atoms with Crippen molar-refractivity contribution in [1.29, 1.82) is 0 Å². The van der Waals surface area contributed by atoms with Crippen molar-refractivity contribution < 1.29 is 0 Å². The highest BCUT2D eigenvalue weighted by Gasteiger charge is 2.36. The minimum Gasteiger partial charge on any atom is -0.256 e. The van der Waals surface area contributed by atoms with Gasteiger partial charge in [-0.05, 0) is 73.0 Å². The molecule has 0 aliphatic heterocycles. The first-order chi connectivity index (χ1) is 15.8. The maximum absolute atomic E-state index is 5.02. The zero-order valence-electron chi connectivity index (χ0n) is 20.0. The van der Waals surface area contributed by atoms with E-state index >= 15 is 0 Å². The zero-order valence-corrected chi connectivity index (χ0v) is 20.0. The minimum atomic E-state index is -0.152. The maximum Gasteiger partial charge on any atom is 0.0749 e. The third-order valence-corrected chi connectivity index (χ3v) is 7.39. The number of rotatable bonds is 1. The van der Waals surface area contributed by atoms with E-state index in [1.54, 1.807) is 0 Å². The Morgan fingerprint density at radius 1 is 0.727 bits per heavy atom. The molecule has 5 aromatic rings. The van der Waals surface area contributed by atoms with Gasteiger partial charge in [0.2, 0.25) is 0 Å². The van der Waals surface area contributed by atoms with Crippen molar-refractivity contribution in [3.63, 3.8) is 0 Å². The Labute approximate surface area is 196 Å². The van der Waals surface area contributed by atoms with Crippen molar-refractivity contribution in [1.82, 2.24) is 4.98 Å². The second-order valence-electron chi connectivity index (χ2n) is 10.9. The smallest absolute Gasteiger partial charge is 0.0749 e. The predicted octanol–water partition coefficient (Wildman–Crippen LogP) is 8.66. The van der Waals surface area contributed by atoms with Crippen LogP contribution in [0.15, 0.2) is 85.1 Å². The third-order valence-electron chi connectivity index (χ3n) is 7.39. The zero-order chi connectivity index (χ0) is 23.0. The van der Waals surface area contributed by atoms with Crippen LogP contribution in [0.1, 0.15) is 51.3 Å². The van der Waals surface area contributed by atoms with Crippen LogP contribution >= 0.6 is 0 Å². The molecule has 1 nitrogen and oxygen atoms in total. The van der Waals surface area contributed by atoms with Crippen LogP contribution in [-0.4, -0.2) is 4.98 Å². The van der Waals surface area contributed by atoms with Crippen molar-refractivity contribution in [3.8, 4) is 22.4 Å². The molecule has 0 fully saturated rings. The van der Waals surface area contributed by atoms with Crippen LogP contribution in [-0.2, 0) is 10.8 Å². The second-order valence-corrected chi connectivity index (χ2v) is 10.9. The van der Waals surface area contributed by atoms with Gasteiger partial charge in [0.25, 0.3) is 0 Å². The SMILES string of the molecule is CC(C)(C)c1cc(-c2nccc3c2C(C)(C)c2cccc4cccc-3c24)cc2ccccc12. The maximum atomic E-state index is 5.02. The standard InChI is InChI=1S/C32H29N/c1-31(2,3)27-19-22(18-21-10-6-7-13-23(21)27)30-29-25(16-17-33-30)24-14-8-11-20-12-9-15-26(28(20)24)32(29,4)5/h6-19H,1-5H3. The quantitative estimate of drug-likeness (QED) is 0.261. The molecule has 6 rings (SSSR count). The molecule has 1 heterocycles. The molecule has 0 bridgehead atoms. The monoisotopic (exact) mass is 427 g/mol. The summed E-state index contributed by atoms with van der Waals surface area (Å²) in [4.78, 5) is 5.02. The van der Waals surface area contributed by atoms with E-state index in [4.69, 9.17) is 4.98 Å². The topological polar surface area (TPSA) is 12.9 Å². The summed E-state index contributed by atoms with van der Waals surface area (Å²) in [5.74, 6) is 0. The summed E-state index contributed by atoms with van der Waals surface area (Å²) in [6, 6.07) is 29.0. The highest BCUT2D eigenvalue weighted by Crippen LogP contribution is 2.51. The molecule has 0 spiro atoms. The van der Waals surface area contributed by atoms with E-state index in [1.165, 1.54) is 54.9 Å². The van der Waals surface area contributed by atoms with Crippen molar-refractivity contribution >= 4 is 21.5 Å². The van der Waals surface area contributed by atoms with Crippen LogP contribution in [0.3, 0.4) is 0 Å². The van der Waals surface area contributed by atoms with Crippen LogP contribution in [0.4, 0.5) is 0 Å². The highest BCUT2D eigenvalue weighted by atomic mass is 14.7. The molecule has 0 N–H and O–H groups in total. The van der Waals surface area contributed by atoms with Gasteiger partial charge in [0, 0.05) is 17.2 Å². The number of fused-ring (bicyclic) bond motifs is 3. The summed E-state index contributed by atoms with van der Waals surface area (Å²) in [6.07, 6.45) is 1.99. The minimum absolute atomic E-state index is 0.0398. The lowest BCUT2D eigenvalue weighted by molar-refractivity contribution is 0.596. The average Bonchev–Trinajstić information content (AvgIpc) is 2.80. The second kappa shape index (κ2) is 6.78. The Balaban J connectivity index is 1.72. The molecular formula is C32H29N. The van der Waals surface area contributed by atoms with Crippen LogP contribution in [0.2, 0.25) is 0 Å². The fraction of sp³-hybridized carbons (Fsp3) is 0.219. The molecule has 1 heteroatoms. The first-order valence-electron chi connectivity index (χ1n) is 11.8. The predicted molar refractivity (Wildman–Crippen MR) is 141 cm³/mol. The highest BCUT2D eigenvalue weighted by molar-refractivity contribution is 6.04. The largest absolute Gasteiger partial charge is 0.256 e. The van der Waals surface area contributed by atoms with Crippen LogP contribution in [0.5, 0.6) is 0 Å². The van der Waals surface area contributed by atoms with Crippen LogP contribution < -0.4 is 0 Å². The molecule has 0 saturated carbocycles. The fourth-order valence-corrected chi connectivity index (χ4v) is 5.83. The number of nitrogens with zero attached hydrogens (tertiary/aromatic N) is 1. The molecule has 4 aromatic carbocycles. The Kier molecular flexibility index (Phi) is 4.14. The molecule has 1 aliphatic rings. The molecule has 0 unspecified atom stereocenters. The fourth-order valence-electron chi connectivity index (χ4n) is 5.83. The number of benzene rings is 4.